The van der Waals surface area contributed by atoms with E-state index in [1.54, 1.807) is 12.1 Å². The molecule has 0 amide bonds. The summed E-state index contributed by atoms with van der Waals surface area (Å²) < 4.78 is 51.8. The first kappa shape index (κ1) is 23.9. The fourth-order valence-electron chi connectivity index (χ4n) is 3.86. The van der Waals surface area contributed by atoms with Crippen LogP contribution in [0.1, 0.15) is 46.1 Å². The number of esters is 1. The molecule has 0 unspecified atom stereocenters. The molecule has 0 aliphatic heterocycles. The van der Waals surface area contributed by atoms with Crippen LogP contribution >= 0.6 is 0 Å². The lowest BCUT2D eigenvalue weighted by Gasteiger charge is -2.34. The number of carbonyl (C=O) groups excluding carboxylic acids is 2. The standard InChI is InChI=1S/C23H27F3O4/c1-15-13-18(27)14-21(3,4)19(15)12-11-16(2)30-20(28)22(29-5,23(24,25)26)17-9-7-6-8-10-17/h6-10,12-13,16H,11,14H2,1-5H3/b19-12-/t16-,22+/m0/s1. The predicted octanol–water partition coefficient (Wildman–Crippen LogP) is 5.28. The van der Waals surface area contributed by atoms with Crippen molar-refractivity contribution in [3.63, 3.8) is 0 Å². The van der Waals surface area contributed by atoms with Crippen LogP contribution in [0.25, 0.3) is 0 Å². The SMILES string of the molecule is CO[C@@](C(=O)O[C@@H](C)C/C=C1/C(C)=CC(=O)CC1(C)C)(c1ccccc1)C(F)(F)F. The largest absolute Gasteiger partial charge is 0.460 e. The first-order valence-electron chi connectivity index (χ1n) is 9.66. The average Bonchev–Trinajstić information content (AvgIpc) is 2.60. The number of halogens is 3. The van der Waals surface area contributed by atoms with Crippen molar-refractivity contribution >= 4 is 11.8 Å². The number of methoxy groups -OCH3 is 1. The van der Waals surface area contributed by atoms with Crippen LogP contribution in [0.15, 0.2) is 53.6 Å². The Morgan fingerprint density at radius 3 is 2.33 bits per heavy atom. The first-order chi connectivity index (χ1) is 13.8. The van der Waals surface area contributed by atoms with E-state index in [0.717, 1.165) is 18.3 Å². The highest BCUT2D eigenvalue weighted by Gasteiger charge is 2.64. The minimum Gasteiger partial charge on any atom is -0.460 e. The molecule has 2 rings (SSSR count). The molecular weight excluding hydrogens is 397 g/mol. The quantitative estimate of drug-likeness (QED) is 0.583. The topological polar surface area (TPSA) is 52.6 Å². The maximum Gasteiger partial charge on any atom is 0.432 e. The second-order valence-corrected chi connectivity index (χ2v) is 8.17. The maximum absolute atomic E-state index is 14.0. The third-order valence-corrected chi connectivity index (χ3v) is 5.28. The fraction of sp³-hybridized carbons (Fsp3) is 0.478. The van der Waals surface area contributed by atoms with Gasteiger partial charge in [-0.1, -0.05) is 50.3 Å². The van der Waals surface area contributed by atoms with Gasteiger partial charge in [-0.3, -0.25) is 4.79 Å². The van der Waals surface area contributed by atoms with Gasteiger partial charge in [0.25, 0.3) is 5.60 Å². The number of carbonyl (C=O) groups is 2. The number of rotatable bonds is 6. The van der Waals surface area contributed by atoms with Crippen LogP contribution < -0.4 is 0 Å². The minimum absolute atomic E-state index is 0.0343. The molecule has 30 heavy (non-hydrogen) atoms. The molecule has 7 heteroatoms. The van der Waals surface area contributed by atoms with E-state index in [1.807, 2.05) is 26.8 Å². The van der Waals surface area contributed by atoms with Crippen LogP contribution in [0, 0.1) is 5.41 Å². The third kappa shape index (κ3) is 4.67. The normalized spacial score (nSPS) is 21.0. The van der Waals surface area contributed by atoms with E-state index in [9.17, 15) is 22.8 Å². The zero-order chi connectivity index (χ0) is 22.7. The summed E-state index contributed by atoms with van der Waals surface area (Å²) in [6.45, 7) is 7.20. The van der Waals surface area contributed by atoms with Gasteiger partial charge in [0.15, 0.2) is 5.78 Å². The van der Waals surface area contributed by atoms with Gasteiger partial charge in [0.1, 0.15) is 6.10 Å². The number of ketones is 1. The van der Waals surface area contributed by atoms with Crippen LogP contribution in [0.3, 0.4) is 0 Å². The number of hydrogen-bond acceptors (Lipinski definition) is 4. The molecule has 1 aliphatic carbocycles. The molecule has 0 fully saturated rings. The van der Waals surface area contributed by atoms with Crippen molar-refractivity contribution in [2.24, 2.45) is 5.41 Å². The van der Waals surface area contributed by atoms with Gasteiger partial charge in [-0.15, -0.1) is 0 Å². The Balaban J connectivity index is 2.26. The minimum atomic E-state index is -5.01. The summed E-state index contributed by atoms with van der Waals surface area (Å²) in [5.41, 5.74) is -2.22. The van der Waals surface area contributed by atoms with Crippen molar-refractivity contribution in [1.82, 2.24) is 0 Å². The summed E-state index contributed by atoms with van der Waals surface area (Å²) in [5, 5.41) is 0. The van der Waals surface area contributed by atoms with Crippen molar-refractivity contribution in [3.05, 3.63) is 59.2 Å². The summed E-state index contributed by atoms with van der Waals surface area (Å²) >= 11 is 0. The highest BCUT2D eigenvalue weighted by molar-refractivity contribution is 5.93. The summed E-state index contributed by atoms with van der Waals surface area (Å²) in [7, 11) is 0.837. The molecule has 0 saturated heterocycles. The Morgan fingerprint density at radius 1 is 1.23 bits per heavy atom. The number of allylic oxidation sites excluding steroid dienone is 3. The Labute approximate surface area is 174 Å². The van der Waals surface area contributed by atoms with Crippen LogP contribution in [0.5, 0.6) is 0 Å². The summed E-state index contributed by atoms with van der Waals surface area (Å²) in [5.74, 6) is -1.48. The molecule has 0 radical (unpaired) electrons. The van der Waals surface area contributed by atoms with Gasteiger partial charge in [0.05, 0.1) is 0 Å². The third-order valence-electron chi connectivity index (χ3n) is 5.28. The van der Waals surface area contributed by atoms with Crippen molar-refractivity contribution in [2.45, 2.75) is 58.4 Å². The van der Waals surface area contributed by atoms with Gasteiger partial charge in [0.2, 0.25) is 0 Å². The van der Waals surface area contributed by atoms with E-state index in [2.05, 4.69) is 0 Å². The van der Waals surface area contributed by atoms with Crippen molar-refractivity contribution in [1.29, 1.82) is 0 Å². The smallest absolute Gasteiger partial charge is 0.432 e. The van der Waals surface area contributed by atoms with Gasteiger partial charge in [-0.2, -0.15) is 13.2 Å². The lowest BCUT2D eigenvalue weighted by atomic mass is 9.72. The number of ether oxygens (including phenoxy) is 2. The summed E-state index contributed by atoms with van der Waals surface area (Å²) in [6.07, 6.45) is -1.91. The zero-order valence-electron chi connectivity index (χ0n) is 17.8. The monoisotopic (exact) mass is 424 g/mol. The molecule has 0 heterocycles. The molecule has 1 aliphatic rings. The molecule has 0 spiro atoms. The molecule has 2 atom stereocenters. The summed E-state index contributed by atoms with van der Waals surface area (Å²) in [6, 6.07) is 6.71. The van der Waals surface area contributed by atoms with E-state index < -0.39 is 29.3 Å². The summed E-state index contributed by atoms with van der Waals surface area (Å²) in [4.78, 5) is 24.5. The molecule has 0 saturated carbocycles. The second-order valence-electron chi connectivity index (χ2n) is 8.17. The Morgan fingerprint density at radius 2 is 1.83 bits per heavy atom. The van der Waals surface area contributed by atoms with Crippen molar-refractivity contribution in [3.8, 4) is 0 Å². The van der Waals surface area contributed by atoms with Gasteiger partial charge in [-0.05, 0) is 36.5 Å². The van der Waals surface area contributed by atoms with Crippen LogP contribution in [0.2, 0.25) is 0 Å². The predicted molar refractivity (Wildman–Crippen MR) is 107 cm³/mol. The highest BCUT2D eigenvalue weighted by atomic mass is 19.4. The first-order valence-corrected chi connectivity index (χ1v) is 9.66. The molecule has 0 bridgehead atoms. The maximum atomic E-state index is 14.0. The Kier molecular flexibility index (Phi) is 6.97. The van der Waals surface area contributed by atoms with Crippen LogP contribution in [-0.4, -0.2) is 31.1 Å². The van der Waals surface area contributed by atoms with Crippen molar-refractivity contribution < 1.29 is 32.2 Å². The lowest BCUT2D eigenvalue weighted by molar-refractivity contribution is -0.277. The van der Waals surface area contributed by atoms with Crippen LogP contribution in [-0.2, 0) is 24.7 Å². The Bertz CT molecular complexity index is 853. The number of hydrogen-bond donors (Lipinski definition) is 0. The molecular formula is C23H27F3O4. The molecule has 0 N–H and O–H groups in total. The van der Waals surface area contributed by atoms with E-state index in [0.29, 0.717) is 6.42 Å². The van der Waals surface area contributed by atoms with Gasteiger partial charge in [0, 0.05) is 25.5 Å². The van der Waals surface area contributed by atoms with E-state index >= 15 is 0 Å². The highest BCUT2D eigenvalue weighted by Crippen LogP contribution is 2.43. The number of benzene rings is 1. The van der Waals surface area contributed by atoms with Crippen LogP contribution in [0.4, 0.5) is 13.2 Å². The lowest BCUT2D eigenvalue weighted by Crippen LogP contribution is -2.52. The van der Waals surface area contributed by atoms with Crippen molar-refractivity contribution in [2.75, 3.05) is 7.11 Å². The molecule has 1 aromatic carbocycles. The van der Waals surface area contributed by atoms with Gasteiger partial charge < -0.3 is 9.47 Å². The number of alkyl halides is 3. The fourth-order valence-corrected chi connectivity index (χ4v) is 3.86. The van der Waals surface area contributed by atoms with Gasteiger partial charge >= 0.3 is 12.1 Å². The van der Waals surface area contributed by atoms with E-state index in [1.165, 1.54) is 31.2 Å². The molecule has 164 valence electrons. The van der Waals surface area contributed by atoms with E-state index in [-0.39, 0.29) is 17.8 Å². The van der Waals surface area contributed by atoms with Gasteiger partial charge in [-0.25, -0.2) is 4.79 Å². The molecule has 4 nitrogen and oxygen atoms in total. The Hall–Kier alpha value is -2.41. The average molecular weight is 424 g/mol. The zero-order valence-corrected chi connectivity index (χ0v) is 17.8. The van der Waals surface area contributed by atoms with E-state index in [4.69, 9.17) is 9.47 Å². The molecule has 0 aromatic heterocycles. The molecule has 1 aromatic rings. The second kappa shape index (κ2) is 8.76.